The van der Waals surface area contributed by atoms with Gasteiger partial charge in [-0.25, -0.2) is 0 Å². The van der Waals surface area contributed by atoms with Crippen molar-refractivity contribution >= 4 is 0 Å². The van der Waals surface area contributed by atoms with E-state index < -0.39 is 0 Å². The Kier molecular flexibility index (Phi) is 9.63. The van der Waals surface area contributed by atoms with E-state index in [0.29, 0.717) is 0 Å². The first-order valence-corrected chi connectivity index (χ1v) is 4.97. The van der Waals surface area contributed by atoms with Crippen LogP contribution in [0, 0.1) is 0 Å². The van der Waals surface area contributed by atoms with Gasteiger partial charge in [0, 0.05) is 0 Å². The molecule has 0 rings (SSSR count). The van der Waals surface area contributed by atoms with Gasteiger partial charge in [-0.1, -0.05) is 45.3 Å². The summed E-state index contributed by atoms with van der Waals surface area (Å²) in [5, 5.41) is 0. The van der Waals surface area contributed by atoms with Crippen molar-refractivity contribution in [2.24, 2.45) is 0 Å². The maximum Gasteiger partial charge on any atom is -0.0206 e. The van der Waals surface area contributed by atoms with E-state index in [4.69, 9.17) is 0 Å². The Balaban J connectivity index is 3.38. The summed E-state index contributed by atoms with van der Waals surface area (Å²) in [5.74, 6) is 0. The van der Waals surface area contributed by atoms with Crippen LogP contribution < -0.4 is 0 Å². The third kappa shape index (κ3) is 9.26. The number of hydrogen-bond acceptors (Lipinski definition) is 0. The molecule has 0 aliphatic rings. The van der Waals surface area contributed by atoms with Crippen LogP contribution in [-0.4, -0.2) is 0 Å². The topological polar surface area (TPSA) is 0 Å². The second kappa shape index (κ2) is 10.3. The van der Waals surface area contributed by atoms with Gasteiger partial charge in [0.1, 0.15) is 0 Å². The molecular formula is C12H20. The minimum absolute atomic E-state index is 1.14. The SMILES string of the molecule is CCCC=C=CC=CCCCC. The zero-order valence-corrected chi connectivity index (χ0v) is 8.34. The predicted octanol–water partition coefficient (Wildman–Crippen LogP) is 4.24. The average Bonchev–Trinajstić information content (AvgIpc) is 2.10. The second-order valence-electron chi connectivity index (χ2n) is 2.90. The van der Waals surface area contributed by atoms with Crippen molar-refractivity contribution in [2.75, 3.05) is 0 Å². The van der Waals surface area contributed by atoms with E-state index in [1.54, 1.807) is 0 Å². The van der Waals surface area contributed by atoms with Crippen molar-refractivity contribution in [3.63, 3.8) is 0 Å². The molecule has 0 unspecified atom stereocenters. The first kappa shape index (κ1) is 11.3. The van der Waals surface area contributed by atoms with Crippen LogP contribution in [0.3, 0.4) is 0 Å². The van der Waals surface area contributed by atoms with Gasteiger partial charge in [0.25, 0.3) is 0 Å². The van der Waals surface area contributed by atoms with E-state index in [2.05, 4.69) is 37.8 Å². The lowest BCUT2D eigenvalue weighted by Crippen LogP contribution is -1.64. The normalized spacial score (nSPS) is 9.83. The van der Waals surface area contributed by atoms with Gasteiger partial charge >= 0.3 is 0 Å². The standard InChI is InChI=1S/C12H20/c1-3-5-7-9-11-12-10-8-6-4-2/h7,10-12H,3-6,8H2,1-2H3. The minimum atomic E-state index is 1.14. The van der Waals surface area contributed by atoms with Gasteiger partial charge in [0.05, 0.1) is 0 Å². The van der Waals surface area contributed by atoms with Crippen molar-refractivity contribution in [3.05, 3.63) is 30.0 Å². The molecule has 0 aliphatic heterocycles. The smallest absolute Gasteiger partial charge is 0.0206 e. The summed E-state index contributed by atoms with van der Waals surface area (Å²) in [4.78, 5) is 0. The van der Waals surface area contributed by atoms with Crippen LogP contribution in [0.25, 0.3) is 0 Å². The molecule has 0 bridgehead atoms. The Morgan fingerprint density at radius 3 is 2.58 bits per heavy atom. The summed E-state index contributed by atoms with van der Waals surface area (Å²) in [5.41, 5.74) is 3.13. The number of unbranched alkanes of at least 4 members (excludes halogenated alkanes) is 3. The Hall–Kier alpha value is -0.740. The van der Waals surface area contributed by atoms with E-state index in [0.717, 1.165) is 6.42 Å². The van der Waals surface area contributed by atoms with Crippen LogP contribution in [0.4, 0.5) is 0 Å². The van der Waals surface area contributed by atoms with Gasteiger partial charge < -0.3 is 0 Å². The zero-order valence-electron chi connectivity index (χ0n) is 8.34. The molecule has 0 spiro atoms. The first-order chi connectivity index (χ1) is 5.91. The Bertz CT molecular complexity index is 157. The van der Waals surface area contributed by atoms with Gasteiger partial charge in [-0.05, 0) is 25.0 Å². The summed E-state index contributed by atoms with van der Waals surface area (Å²) >= 11 is 0. The van der Waals surface area contributed by atoms with Crippen molar-refractivity contribution in [2.45, 2.75) is 46.0 Å². The molecule has 12 heavy (non-hydrogen) atoms. The van der Waals surface area contributed by atoms with Gasteiger partial charge in [-0.3, -0.25) is 0 Å². The Morgan fingerprint density at radius 1 is 1.08 bits per heavy atom. The molecule has 0 aliphatic carbocycles. The molecule has 0 amide bonds. The predicted molar refractivity (Wildman–Crippen MR) is 56.2 cm³/mol. The molecular weight excluding hydrogens is 144 g/mol. The maximum absolute atomic E-state index is 3.13. The molecule has 68 valence electrons. The lowest BCUT2D eigenvalue weighted by atomic mass is 10.2. The summed E-state index contributed by atoms with van der Waals surface area (Å²) in [6, 6.07) is 0. The van der Waals surface area contributed by atoms with Crippen LogP contribution in [0.2, 0.25) is 0 Å². The molecule has 0 saturated heterocycles. The van der Waals surface area contributed by atoms with Gasteiger partial charge in [0.2, 0.25) is 0 Å². The van der Waals surface area contributed by atoms with Gasteiger partial charge in [0.15, 0.2) is 0 Å². The molecule has 0 fully saturated rings. The Labute approximate surface area is 76.7 Å². The highest BCUT2D eigenvalue weighted by Crippen LogP contribution is 1.94. The highest BCUT2D eigenvalue weighted by molar-refractivity contribution is 5.02. The van der Waals surface area contributed by atoms with E-state index in [1.165, 1.54) is 25.7 Å². The molecule has 0 atom stereocenters. The molecule has 0 N–H and O–H groups in total. The molecule has 0 saturated carbocycles. The Morgan fingerprint density at radius 2 is 1.92 bits per heavy atom. The van der Waals surface area contributed by atoms with Gasteiger partial charge in [-0.15, -0.1) is 5.73 Å². The van der Waals surface area contributed by atoms with Crippen molar-refractivity contribution in [1.82, 2.24) is 0 Å². The largest absolute Gasteiger partial charge is 0.125 e. The summed E-state index contributed by atoms with van der Waals surface area (Å²) in [6.07, 6.45) is 14.5. The van der Waals surface area contributed by atoms with E-state index in [9.17, 15) is 0 Å². The molecule has 0 aromatic rings. The molecule has 0 heterocycles. The maximum atomic E-state index is 3.13. The van der Waals surface area contributed by atoms with Crippen LogP contribution in [0.15, 0.2) is 30.0 Å². The number of hydrogen-bond donors (Lipinski definition) is 0. The summed E-state index contributed by atoms with van der Waals surface area (Å²) in [7, 11) is 0. The van der Waals surface area contributed by atoms with Crippen LogP contribution in [0.1, 0.15) is 46.0 Å². The van der Waals surface area contributed by atoms with Crippen LogP contribution >= 0.6 is 0 Å². The molecule has 0 aromatic carbocycles. The molecule has 0 radical (unpaired) electrons. The van der Waals surface area contributed by atoms with Crippen molar-refractivity contribution in [1.29, 1.82) is 0 Å². The fourth-order valence-electron chi connectivity index (χ4n) is 0.838. The fraction of sp³-hybridized carbons (Fsp3) is 0.583. The number of allylic oxidation sites excluding steroid dienone is 3. The van der Waals surface area contributed by atoms with Gasteiger partial charge in [-0.2, -0.15) is 0 Å². The third-order valence-electron chi connectivity index (χ3n) is 1.60. The monoisotopic (exact) mass is 164 g/mol. The fourth-order valence-corrected chi connectivity index (χ4v) is 0.838. The minimum Gasteiger partial charge on any atom is -0.125 e. The van der Waals surface area contributed by atoms with Crippen LogP contribution in [0.5, 0.6) is 0 Å². The molecule has 0 nitrogen and oxygen atoms in total. The summed E-state index contributed by atoms with van der Waals surface area (Å²) < 4.78 is 0. The highest BCUT2D eigenvalue weighted by atomic mass is 13.8. The quantitative estimate of drug-likeness (QED) is 0.313. The second-order valence-corrected chi connectivity index (χ2v) is 2.90. The van der Waals surface area contributed by atoms with Crippen LogP contribution in [-0.2, 0) is 0 Å². The lowest BCUT2D eigenvalue weighted by Gasteiger charge is -1.84. The average molecular weight is 164 g/mol. The summed E-state index contributed by atoms with van der Waals surface area (Å²) in [6.45, 7) is 4.39. The molecule has 0 heteroatoms. The molecule has 0 aromatic heterocycles. The van der Waals surface area contributed by atoms with Crippen molar-refractivity contribution < 1.29 is 0 Å². The number of rotatable bonds is 6. The zero-order chi connectivity index (χ0) is 9.07. The lowest BCUT2D eigenvalue weighted by molar-refractivity contribution is 0.815. The third-order valence-corrected chi connectivity index (χ3v) is 1.60. The van der Waals surface area contributed by atoms with Crippen molar-refractivity contribution in [3.8, 4) is 0 Å². The van der Waals surface area contributed by atoms with E-state index >= 15 is 0 Å². The highest BCUT2D eigenvalue weighted by Gasteiger charge is 1.74. The van der Waals surface area contributed by atoms with E-state index in [-0.39, 0.29) is 0 Å². The first-order valence-electron chi connectivity index (χ1n) is 4.97. The van der Waals surface area contributed by atoms with E-state index in [1.807, 2.05) is 6.08 Å².